The van der Waals surface area contributed by atoms with Crippen molar-refractivity contribution >= 4 is 29.1 Å². The first kappa shape index (κ1) is 15.6. The van der Waals surface area contributed by atoms with Crippen molar-refractivity contribution in [3.63, 3.8) is 0 Å². The molecule has 0 saturated carbocycles. The predicted octanol–water partition coefficient (Wildman–Crippen LogP) is 2.94. The zero-order valence-electron chi connectivity index (χ0n) is 12.7. The smallest absolute Gasteiger partial charge is 0.239 e. The summed E-state index contributed by atoms with van der Waals surface area (Å²) in [4.78, 5) is 28.3. The van der Waals surface area contributed by atoms with Crippen LogP contribution in [0.3, 0.4) is 0 Å². The molecule has 1 aromatic carbocycles. The quantitative estimate of drug-likeness (QED) is 0.809. The van der Waals surface area contributed by atoms with E-state index >= 15 is 0 Å². The molecule has 0 aliphatic carbocycles. The molecule has 1 fully saturated rings. The lowest BCUT2D eigenvalue weighted by Gasteiger charge is -2.20. The number of carbonyl (C=O) groups excluding carboxylic acids is 2. The summed E-state index contributed by atoms with van der Waals surface area (Å²) in [6.45, 7) is 0.891. The van der Waals surface area contributed by atoms with Crippen molar-refractivity contribution in [2.45, 2.75) is 13.0 Å². The monoisotopic (exact) mass is 332 g/mol. The standard InChI is InChI=1S/C17H17ClN2O3/c1-19(11-14-3-2-10-23-14)16(21)15-8-9-20(17(15)22)13-6-4-12(18)5-7-13/h2-7,10,15H,8-9,11H2,1H3. The SMILES string of the molecule is CN(Cc1ccco1)C(=O)C1CCN(c2ccc(Cl)cc2)C1=O. The van der Waals surface area contributed by atoms with Gasteiger partial charge in [0.05, 0.1) is 12.8 Å². The molecule has 23 heavy (non-hydrogen) atoms. The van der Waals surface area contributed by atoms with E-state index in [1.54, 1.807) is 54.6 Å². The molecule has 0 spiro atoms. The number of halogens is 1. The average Bonchev–Trinajstić information content (AvgIpc) is 3.17. The van der Waals surface area contributed by atoms with Crippen LogP contribution >= 0.6 is 11.6 Å². The first-order valence-corrected chi connectivity index (χ1v) is 7.78. The Morgan fingerprint density at radius 2 is 2.09 bits per heavy atom. The molecule has 0 bridgehead atoms. The van der Waals surface area contributed by atoms with Gasteiger partial charge in [-0.25, -0.2) is 0 Å². The lowest BCUT2D eigenvalue weighted by molar-refractivity contribution is -0.139. The van der Waals surface area contributed by atoms with Gasteiger partial charge in [0, 0.05) is 24.3 Å². The molecule has 1 unspecified atom stereocenters. The van der Waals surface area contributed by atoms with E-state index in [1.807, 2.05) is 0 Å². The normalized spacial score (nSPS) is 17.6. The summed E-state index contributed by atoms with van der Waals surface area (Å²) in [6.07, 6.45) is 2.08. The Hall–Kier alpha value is -2.27. The number of rotatable bonds is 4. The van der Waals surface area contributed by atoms with Crippen LogP contribution in [0.4, 0.5) is 5.69 Å². The number of nitrogens with zero attached hydrogens (tertiary/aromatic N) is 2. The lowest BCUT2D eigenvalue weighted by atomic mass is 10.1. The van der Waals surface area contributed by atoms with Gasteiger partial charge in [0.15, 0.2) is 0 Å². The molecular formula is C17H17ClN2O3. The third kappa shape index (κ3) is 3.24. The van der Waals surface area contributed by atoms with Crippen molar-refractivity contribution in [3.8, 4) is 0 Å². The largest absolute Gasteiger partial charge is 0.467 e. The van der Waals surface area contributed by atoms with Crippen LogP contribution in [0.15, 0.2) is 47.1 Å². The first-order chi connectivity index (χ1) is 11.1. The second-order valence-electron chi connectivity index (χ2n) is 5.58. The molecule has 2 aromatic rings. The van der Waals surface area contributed by atoms with E-state index in [-0.39, 0.29) is 11.8 Å². The number of hydrogen-bond donors (Lipinski definition) is 0. The lowest BCUT2D eigenvalue weighted by Crippen LogP contribution is -2.37. The van der Waals surface area contributed by atoms with Crippen LogP contribution in [0.1, 0.15) is 12.2 Å². The molecule has 1 aliphatic heterocycles. The highest BCUT2D eigenvalue weighted by molar-refractivity contribution is 6.30. The highest BCUT2D eigenvalue weighted by atomic mass is 35.5. The zero-order chi connectivity index (χ0) is 16.4. The molecule has 1 saturated heterocycles. The molecule has 0 N–H and O–H groups in total. The summed E-state index contributed by atoms with van der Waals surface area (Å²) < 4.78 is 5.24. The number of carbonyl (C=O) groups is 2. The Morgan fingerprint density at radius 1 is 1.35 bits per heavy atom. The Bertz CT molecular complexity index is 697. The molecule has 5 nitrogen and oxygen atoms in total. The van der Waals surface area contributed by atoms with Crippen molar-refractivity contribution in [3.05, 3.63) is 53.4 Å². The fraction of sp³-hybridized carbons (Fsp3) is 0.294. The van der Waals surface area contributed by atoms with Gasteiger partial charge in [-0.1, -0.05) is 11.6 Å². The molecule has 1 aromatic heterocycles. The number of hydrogen-bond acceptors (Lipinski definition) is 3. The molecule has 1 atom stereocenters. The molecule has 120 valence electrons. The van der Waals surface area contributed by atoms with Gasteiger partial charge in [-0.15, -0.1) is 0 Å². The summed E-state index contributed by atoms with van der Waals surface area (Å²) >= 11 is 5.87. The fourth-order valence-electron chi connectivity index (χ4n) is 2.77. The highest BCUT2D eigenvalue weighted by Crippen LogP contribution is 2.27. The molecule has 1 aliphatic rings. The van der Waals surface area contributed by atoms with E-state index in [1.165, 1.54) is 4.90 Å². The van der Waals surface area contributed by atoms with Gasteiger partial charge in [0.2, 0.25) is 11.8 Å². The third-order valence-electron chi connectivity index (χ3n) is 3.99. The first-order valence-electron chi connectivity index (χ1n) is 7.40. The minimum atomic E-state index is -0.634. The summed E-state index contributed by atoms with van der Waals surface area (Å²) in [7, 11) is 1.68. The molecular weight excluding hydrogens is 316 g/mol. The number of benzene rings is 1. The average molecular weight is 333 g/mol. The highest BCUT2D eigenvalue weighted by Gasteiger charge is 2.39. The van der Waals surface area contributed by atoms with Gasteiger partial charge >= 0.3 is 0 Å². The fourth-order valence-corrected chi connectivity index (χ4v) is 2.89. The summed E-state index contributed by atoms with van der Waals surface area (Å²) in [5.74, 6) is -0.280. The van der Waals surface area contributed by atoms with Crippen molar-refractivity contribution in [2.75, 3.05) is 18.5 Å². The Balaban J connectivity index is 1.68. The van der Waals surface area contributed by atoms with E-state index < -0.39 is 5.92 Å². The van der Waals surface area contributed by atoms with Crippen molar-refractivity contribution < 1.29 is 14.0 Å². The van der Waals surface area contributed by atoms with Gasteiger partial charge in [-0.2, -0.15) is 0 Å². The predicted molar refractivity (Wildman–Crippen MR) is 87.1 cm³/mol. The second-order valence-corrected chi connectivity index (χ2v) is 6.02. The van der Waals surface area contributed by atoms with Crippen LogP contribution in [-0.2, 0) is 16.1 Å². The topological polar surface area (TPSA) is 53.8 Å². The van der Waals surface area contributed by atoms with Crippen molar-refractivity contribution in [1.82, 2.24) is 4.90 Å². The summed E-state index contributed by atoms with van der Waals surface area (Å²) in [5, 5.41) is 0.617. The number of furan rings is 1. The second kappa shape index (κ2) is 6.46. The van der Waals surface area contributed by atoms with Crippen LogP contribution in [0.5, 0.6) is 0 Å². The minimum absolute atomic E-state index is 0.163. The van der Waals surface area contributed by atoms with E-state index in [0.717, 1.165) is 5.69 Å². The maximum Gasteiger partial charge on any atom is 0.239 e. The molecule has 6 heteroatoms. The summed E-state index contributed by atoms with van der Waals surface area (Å²) in [6, 6.07) is 10.6. The van der Waals surface area contributed by atoms with E-state index in [4.69, 9.17) is 16.0 Å². The van der Waals surface area contributed by atoms with Gasteiger partial charge in [0.1, 0.15) is 11.7 Å². The van der Waals surface area contributed by atoms with E-state index in [9.17, 15) is 9.59 Å². The molecule has 2 heterocycles. The third-order valence-corrected chi connectivity index (χ3v) is 4.24. The molecule has 2 amide bonds. The van der Waals surface area contributed by atoms with Crippen molar-refractivity contribution in [1.29, 1.82) is 0 Å². The van der Waals surface area contributed by atoms with Crippen molar-refractivity contribution in [2.24, 2.45) is 5.92 Å². The van der Waals surface area contributed by atoms with Gasteiger partial charge in [0.25, 0.3) is 0 Å². The van der Waals surface area contributed by atoms with Crippen LogP contribution in [0.25, 0.3) is 0 Å². The Kier molecular flexibility index (Phi) is 4.39. The zero-order valence-corrected chi connectivity index (χ0v) is 13.5. The molecule has 3 rings (SSSR count). The van der Waals surface area contributed by atoms with E-state index in [2.05, 4.69) is 0 Å². The van der Waals surface area contributed by atoms with E-state index in [0.29, 0.717) is 30.3 Å². The minimum Gasteiger partial charge on any atom is -0.467 e. The van der Waals surface area contributed by atoms with Gasteiger partial charge < -0.3 is 14.2 Å². The van der Waals surface area contributed by atoms with Crippen LogP contribution < -0.4 is 4.90 Å². The Morgan fingerprint density at radius 3 is 2.74 bits per heavy atom. The number of anilines is 1. The summed E-state index contributed by atoms with van der Waals surface area (Å²) in [5.41, 5.74) is 0.767. The van der Waals surface area contributed by atoms with Crippen LogP contribution in [0.2, 0.25) is 5.02 Å². The van der Waals surface area contributed by atoms with Gasteiger partial charge in [-0.05, 0) is 42.8 Å². The van der Waals surface area contributed by atoms with Gasteiger partial charge in [-0.3, -0.25) is 9.59 Å². The van der Waals surface area contributed by atoms with Crippen LogP contribution in [-0.4, -0.2) is 30.3 Å². The Labute approximate surface area is 139 Å². The molecule has 0 radical (unpaired) electrons. The van der Waals surface area contributed by atoms with Crippen LogP contribution in [0, 0.1) is 5.92 Å². The maximum atomic E-state index is 12.6. The number of amides is 2. The maximum absolute atomic E-state index is 12.6.